The third-order valence-corrected chi connectivity index (χ3v) is 6.46. The number of nitrogens with zero attached hydrogens (tertiary/aromatic N) is 2. The van der Waals surface area contributed by atoms with Crippen LogP contribution >= 0.6 is 11.8 Å². The molecule has 0 saturated carbocycles. The van der Waals surface area contributed by atoms with Crippen molar-refractivity contribution < 1.29 is 28.7 Å². The van der Waals surface area contributed by atoms with Gasteiger partial charge in [0.2, 0.25) is 0 Å². The van der Waals surface area contributed by atoms with E-state index in [9.17, 15) is 19.7 Å². The largest absolute Gasteiger partial charge is 0.490 e. The average Bonchev–Trinajstić information content (AvgIpc) is 3.16. The molecule has 10 heteroatoms. The van der Waals surface area contributed by atoms with Gasteiger partial charge in [-0.1, -0.05) is 35.9 Å². The van der Waals surface area contributed by atoms with E-state index in [1.54, 1.807) is 24.3 Å². The molecule has 0 unspecified atom stereocenters. The lowest BCUT2D eigenvalue weighted by molar-refractivity contribution is -0.384. The predicted molar refractivity (Wildman–Crippen MR) is 144 cm³/mol. The van der Waals surface area contributed by atoms with E-state index >= 15 is 0 Å². The molecule has 1 aliphatic heterocycles. The summed E-state index contributed by atoms with van der Waals surface area (Å²) in [5.41, 5.74) is 2.39. The van der Waals surface area contributed by atoms with Crippen LogP contribution in [0.1, 0.15) is 23.6 Å². The number of thioether (sulfide) groups is 1. The highest BCUT2D eigenvalue weighted by Gasteiger charge is 2.35. The quantitative estimate of drug-likeness (QED) is 0.128. The zero-order valence-corrected chi connectivity index (χ0v) is 21.7. The second kappa shape index (κ2) is 12.3. The predicted octanol–water partition coefficient (Wildman–Crippen LogP) is 6.00. The summed E-state index contributed by atoms with van der Waals surface area (Å²) in [6, 6.07) is 18.8. The monoisotopic (exact) mass is 534 g/mol. The Kier molecular flexibility index (Phi) is 8.65. The Hall–Kier alpha value is -4.31. The zero-order valence-electron chi connectivity index (χ0n) is 20.9. The molecular formula is C28H26N2O7S. The first-order chi connectivity index (χ1) is 18.3. The molecule has 0 spiro atoms. The normalized spacial score (nSPS) is 14.2. The summed E-state index contributed by atoms with van der Waals surface area (Å²) in [7, 11) is 0. The van der Waals surface area contributed by atoms with E-state index in [2.05, 4.69) is 0 Å². The highest BCUT2D eigenvalue weighted by Crippen LogP contribution is 2.35. The highest BCUT2D eigenvalue weighted by molar-refractivity contribution is 8.18. The number of benzene rings is 3. The number of hydrogen-bond acceptors (Lipinski definition) is 8. The first-order valence-corrected chi connectivity index (χ1v) is 12.7. The summed E-state index contributed by atoms with van der Waals surface area (Å²) in [6.07, 6.45) is 1.63. The number of nitro benzene ring substituents is 1. The van der Waals surface area contributed by atoms with Gasteiger partial charge in [0.25, 0.3) is 16.8 Å². The summed E-state index contributed by atoms with van der Waals surface area (Å²) in [4.78, 5) is 37.2. The van der Waals surface area contributed by atoms with E-state index in [4.69, 9.17) is 14.2 Å². The van der Waals surface area contributed by atoms with Crippen molar-refractivity contribution in [3.05, 3.63) is 98.4 Å². The van der Waals surface area contributed by atoms with Gasteiger partial charge in [0.15, 0.2) is 11.5 Å². The molecule has 38 heavy (non-hydrogen) atoms. The Bertz CT molecular complexity index is 1350. The summed E-state index contributed by atoms with van der Waals surface area (Å²) in [5.74, 6) is 1.40. The average molecular weight is 535 g/mol. The van der Waals surface area contributed by atoms with Crippen molar-refractivity contribution in [1.29, 1.82) is 0 Å². The van der Waals surface area contributed by atoms with Crippen LogP contribution in [0, 0.1) is 17.0 Å². The lowest BCUT2D eigenvalue weighted by atomic mass is 10.1. The Labute approximate surface area is 224 Å². The molecule has 1 fully saturated rings. The number of ether oxygens (including phenoxy) is 3. The fourth-order valence-corrected chi connectivity index (χ4v) is 4.48. The van der Waals surface area contributed by atoms with Crippen molar-refractivity contribution in [3.8, 4) is 17.2 Å². The van der Waals surface area contributed by atoms with Crippen LogP contribution in [0.4, 0.5) is 10.5 Å². The number of imide groups is 1. The fraction of sp³-hybridized carbons (Fsp3) is 0.214. The van der Waals surface area contributed by atoms with E-state index in [0.717, 1.165) is 28.0 Å². The molecule has 9 nitrogen and oxygen atoms in total. The van der Waals surface area contributed by atoms with Crippen molar-refractivity contribution in [1.82, 2.24) is 4.90 Å². The summed E-state index contributed by atoms with van der Waals surface area (Å²) >= 11 is 0.845. The number of rotatable bonds is 11. The topological polar surface area (TPSA) is 108 Å². The first kappa shape index (κ1) is 26.7. The zero-order chi connectivity index (χ0) is 27.1. The van der Waals surface area contributed by atoms with Gasteiger partial charge in [-0.05, 0) is 67.1 Å². The van der Waals surface area contributed by atoms with Crippen LogP contribution in [-0.2, 0) is 11.3 Å². The second-order valence-electron chi connectivity index (χ2n) is 8.34. The molecule has 2 amide bonds. The van der Waals surface area contributed by atoms with Crippen LogP contribution in [0.5, 0.6) is 17.2 Å². The molecule has 0 atom stereocenters. The maximum absolute atomic E-state index is 12.9. The van der Waals surface area contributed by atoms with Crippen LogP contribution in [0.2, 0.25) is 0 Å². The van der Waals surface area contributed by atoms with Gasteiger partial charge in [0.1, 0.15) is 19.0 Å². The molecule has 3 aromatic rings. The number of amides is 2. The maximum atomic E-state index is 12.9. The SMILES string of the molecule is CCOc1cc(/C=C2\SC(=O)N(Cc3ccc([N+](=O)[O-])cc3)C2=O)ccc1OCCOc1ccc(C)cc1. The molecule has 4 rings (SSSR count). The summed E-state index contributed by atoms with van der Waals surface area (Å²) in [6.45, 7) is 5.00. The van der Waals surface area contributed by atoms with Gasteiger partial charge in [-0.15, -0.1) is 0 Å². The standard InChI is InChI=1S/C28H26N2O7S/c1-3-35-25-16-21(8-13-24(25)37-15-14-36-23-11-4-19(2)5-12-23)17-26-27(31)29(28(32)38-26)18-20-6-9-22(10-7-20)30(33)34/h4-13,16-17H,3,14-15,18H2,1-2H3/b26-17-. The van der Waals surface area contributed by atoms with Crippen molar-refractivity contribution >= 4 is 34.7 Å². The lowest BCUT2D eigenvalue weighted by Gasteiger charge is -2.13. The van der Waals surface area contributed by atoms with Gasteiger partial charge in [-0.2, -0.15) is 0 Å². The van der Waals surface area contributed by atoms with Gasteiger partial charge in [-0.25, -0.2) is 0 Å². The number of nitro groups is 1. The minimum Gasteiger partial charge on any atom is -0.490 e. The molecule has 1 saturated heterocycles. The van der Waals surface area contributed by atoms with E-state index in [1.165, 1.54) is 24.3 Å². The molecule has 0 aromatic heterocycles. The van der Waals surface area contributed by atoms with Gasteiger partial charge >= 0.3 is 0 Å². The van der Waals surface area contributed by atoms with Gasteiger partial charge < -0.3 is 14.2 Å². The molecule has 0 aliphatic carbocycles. The number of carbonyl (C=O) groups is 2. The minimum atomic E-state index is -0.501. The van der Waals surface area contributed by atoms with E-state index in [-0.39, 0.29) is 17.1 Å². The van der Waals surface area contributed by atoms with E-state index < -0.39 is 16.1 Å². The van der Waals surface area contributed by atoms with Crippen LogP contribution in [-0.4, -0.2) is 40.8 Å². The van der Waals surface area contributed by atoms with E-state index in [1.807, 2.05) is 38.1 Å². The van der Waals surface area contributed by atoms with Crippen molar-refractivity contribution in [2.24, 2.45) is 0 Å². The fourth-order valence-electron chi connectivity index (χ4n) is 3.64. The molecule has 0 N–H and O–H groups in total. The molecular weight excluding hydrogens is 508 g/mol. The maximum Gasteiger partial charge on any atom is 0.293 e. The van der Waals surface area contributed by atoms with E-state index in [0.29, 0.717) is 42.4 Å². The van der Waals surface area contributed by atoms with Crippen LogP contribution in [0.3, 0.4) is 0 Å². The third-order valence-electron chi connectivity index (χ3n) is 5.56. The number of carbonyl (C=O) groups excluding carboxylic acids is 2. The molecule has 3 aromatic carbocycles. The Balaban J connectivity index is 1.40. The summed E-state index contributed by atoms with van der Waals surface area (Å²) < 4.78 is 17.3. The van der Waals surface area contributed by atoms with Crippen LogP contribution in [0.15, 0.2) is 71.6 Å². The Morgan fingerprint density at radius 2 is 1.63 bits per heavy atom. The number of hydrogen-bond donors (Lipinski definition) is 0. The van der Waals surface area contributed by atoms with Crippen molar-refractivity contribution in [2.75, 3.05) is 19.8 Å². The highest BCUT2D eigenvalue weighted by atomic mass is 32.2. The molecule has 1 aliphatic rings. The van der Waals surface area contributed by atoms with Crippen molar-refractivity contribution in [3.63, 3.8) is 0 Å². The van der Waals surface area contributed by atoms with Crippen LogP contribution in [0.25, 0.3) is 6.08 Å². The molecule has 196 valence electrons. The van der Waals surface area contributed by atoms with Crippen LogP contribution < -0.4 is 14.2 Å². The Morgan fingerprint density at radius 1 is 0.921 bits per heavy atom. The van der Waals surface area contributed by atoms with Crippen molar-refractivity contribution in [2.45, 2.75) is 20.4 Å². The number of non-ortho nitro benzene ring substituents is 1. The smallest absolute Gasteiger partial charge is 0.293 e. The Morgan fingerprint density at radius 3 is 2.32 bits per heavy atom. The summed E-state index contributed by atoms with van der Waals surface area (Å²) in [5, 5.41) is 10.4. The molecule has 0 radical (unpaired) electrons. The third kappa shape index (κ3) is 6.71. The minimum absolute atomic E-state index is 0.0294. The molecule has 1 heterocycles. The van der Waals surface area contributed by atoms with Gasteiger partial charge in [-0.3, -0.25) is 24.6 Å². The number of aryl methyl sites for hydroxylation is 1. The van der Waals surface area contributed by atoms with Gasteiger partial charge in [0.05, 0.1) is 23.0 Å². The molecule has 0 bridgehead atoms. The first-order valence-electron chi connectivity index (χ1n) is 11.9. The second-order valence-corrected chi connectivity index (χ2v) is 9.33. The van der Waals surface area contributed by atoms with Gasteiger partial charge in [0, 0.05) is 12.1 Å². The lowest BCUT2D eigenvalue weighted by Crippen LogP contribution is -2.27.